The van der Waals surface area contributed by atoms with Crippen molar-refractivity contribution in [1.82, 2.24) is 10.2 Å². The molecule has 0 atom stereocenters. The number of hydrogen-bond donors (Lipinski definition) is 2. The summed E-state index contributed by atoms with van der Waals surface area (Å²) in [6.07, 6.45) is 0.914. The molecule has 0 spiro atoms. The van der Waals surface area contributed by atoms with Gasteiger partial charge >= 0.3 is 0 Å². The van der Waals surface area contributed by atoms with Gasteiger partial charge in [-0.3, -0.25) is 9.59 Å². The topological polar surface area (TPSA) is 75.4 Å². The number of carbonyl (C=O) groups is 2. The largest absolute Gasteiger partial charge is 0.366 e. The Kier molecular flexibility index (Phi) is 4.16. The van der Waals surface area contributed by atoms with Gasteiger partial charge in [0.1, 0.15) is 0 Å². The SMILES string of the molecule is CCCN(C(=O)c1cccc(C(N)=O)c1)C1CNC1. The average molecular weight is 261 g/mol. The standard InChI is InChI=1S/C14H19N3O2/c1-2-6-17(12-8-16-9-12)14(19)11-5-3-4-10(7-11)13(15)18/h3-5,7,12,16H,2,6,8-9H2,1H3,(H2,15,18). The van der Waals surface area contributed by atoms with Crippen molar-refractivity contribution in [3.8, 4) is 0 Å². The molecule has 0 radical (unpaired) electrons. The second-order valence-electron chi connectivity index (χ2n) is 4.76. The molecule has 1 aliphatic rings. The van der Waals surface area contributed by atoms with Crippen LogP contribution in [-0.4, -0.2) is 42.4 Å². The van der Waals surface area contributed by atoms with Gasteiger partial charge in [0.2, 0.25) is 5.91 Å². The molecular formula is C14H19N3O2. The molecule has 2 amide bonds. The Morgan fingerprint density at radius 2 is 2.05 bits per heavy atom. The van der Waals surface area contributed by atoms with Crippen molar-refractivity contribution < 1.29 is 9.59 Å². The summed E-state index contributed by atoms with van der Waals surface area (Å²) in [7, 11) is 0. The zero-order chi connectivity index (χ0) is 13.8. The van der Waals surface area contributed by atoms with Crippen molar-refractivity contribution in [2.75, 3.05) is 19.6 Å². The number of amides is 2. The molecule has 2 rings (SSSR count). The molecule has 1 aromatic rings. The van der Waals surface area contributed by atoms with Crippen LogP contribution in [0, 0.1) is 0 Å². The Bertz CT molecular complexity index is 483. The van der Waals surface area contributed by atoms with Gasteiger partial charge in [0.25, 0.3) is 5.91 Å². The fourth-order valence-corrected chi connectivity index (χ4v) is 2.16. The maximum Gasteiger partial charge on any atom is 0.254 e. The van der Waals surface area contributed by atoms with E-state index in [1.807, 2.05) is 11.8 Å². The van der Waals surface area contributed by atoms with E-state index >= 15 is 0 Å². The van der Waals surface area contributed by atoms with E-state index < -0.39 is 5.91 Å². The fraction of sp³-hybridized carbons (Fsp3) is 0.429. The minimum atomic E-state index is -0.512. The van der Waals surface area contributed by atoms with E-state index in [1.165, 1.54) is 0 Å². The normalized spacial score (nSPS) is 14.8. The predicted molar refractivity (Wildman–Crippen MR) is 72.9 cm³/mol. The molecule has 5 heteroatoms. The molecule has 19 heavy (non-hydrogen) atoms. The molecular weight excluding hydrogens is 242 g/mol. The summed E-state index contributed by atoms with van der Waals surface area (Å²) in [5, 5.41) is 3.17. The molecule has 0 bridgehead atoms. The minimum Gasteiger partial charge on any atom is -0.366 e. The van der Waals surface area contributed by atoms with Crippen LogP contribution in [0.5, 0.6) is 0 Å². The number of carbonyl (C=O) groups excluding carboxylic acids is 2. The summed E-state index contributed by atoms with van der Waals surface area (Å²) in [6.45, 7) is 4.45. The molecule has 1 heterocycles. The lowest BCUT2D eigenvalue weighted by atomic mass is 10.1. The van der Waals surface area contributed by atoms with Crippen LogP contribution in [0.25, 0.3) is 0 Å². The van der Waals surface area contributed by atoms with Crippen molar-refractivity contribution in [2.24, 2.45) is 5.73 Å². The Labute approximate surface area is 112 Å². The number of hydrogen-bond acceptors (Lipinski definition) is 3. The Morgan fingerprint density at radius 3 is 2.58 bits per heavy atom. The van der Waals surface area contributed by atoms with Crippen LogP contribution in [0.15, 0.2) is 24.3 Å². The quantitative estimate of drug-likeness (QED) is 0.815. The second kappa shape index (κ2) is 5.84. The van der Waals surface area contributed by atoms with Crippen LogP contribution in [-0.2, 0) is 0 Å². The third-order valence-corrected chi connectivity index (χ3v) is 3.32. The summed E-state index contributed by atoms with van der Waals surface area (Å²) in [6, 6.07) is 6.86. The van der Waals surface area contributed by atoms with Gasteiger partial charge in [-0.25, -0.2) is 0 Å². The molecule has 3 N–H and O–H groups in total. The molecule has 0 unspecified atom stereocenters. The third kappa shape index (κ3) is 2.93. The minimum absolute atomic E-state index is 0.0311. The molecule has 0 aliphatic carbocycles. The van der Waals surface area contributed by atoms with E-state index in [-0.39, 0.29) is 11.9 Å². The van der Waals surface area contributed by atoms with Crippen LogP contribution < -0.4 is 11.1 Å². The van der Waals surface area contributed by atoms with E-state index in [2.05, 4.69) is 5.32 Å². The molecule has 5 nitrogen and oxygen atoms in total. The van der Waals surface area contributed by atoms with E-state index in [9.17, 15) is 9.59 Å². The van der Waals surface area contributed by atoms with Crippen LogP contribution in [0.2, 0.25) is 0 Å². The van der Waals surface area contributed by atoms with Gasteiger partial charge in [-0.05, 0) is 24.6 Å². The molecule has 1 saturated heterocycles. The Hall–Kier alpha value is -1.88. The van der Waals surface area contributed by atoms with Crippen molar-refractivity contribution >= 4 is 11.8 Å². The molecule has 1 fully saturated rings. The van der Waals surface area contributed by atoms with E-state index in [0.29, 0.717) is 11.1 Å². The number of nitrogens with one attached hydrogen (secondary N) is 1. The van der Waals surface area contributed by atoms with Crippen molar-refractivity contribution in [1.29, 1.82) is 0 Å². The van der Waals surface area contributed by atoms with Crippen molar-refractivity contribution in [3.05, 3.63) is 35.4 Å². The lowest BCUT2D eigenvalue weighted by molar-refractivity contribution is 0.0616. The summed E-state index contributed by atoms with van der Waals surface area (Å²) >= 11 is 0. The second-order valence-corrected chi connectivity index (χ2v) is 4.76. The van der Waals surface area contributed by atoms with E-state index in [4.69, 9.17) is 5.73 Å². The highest BCUT2D eigenvalue weighted by atomic mass is 16.2. The smallest absolute Gasteiger partial charge is 0.254 e. The van der Waals surface area contributed by atoms with Crippen molar-refractivity contribution in [2.45, 2.75) is 19.4 Å². The highest BCUT2D eigenvalue weighted by Gasteiger charge is 2.28. The zero-order valence-corrected chi connectivity index (χ0v) is 11.1. The molecule has 0 aromatic heterocycles. The maximum atomic E-state index is 12.5. The van der Waals surface area contributed by atoms with Gasteiger partial charge in [-0.1, -0.05) is 13.0 Å². The average Bonchev–Trinajstić information content (AvgIpc) is 2.35. The van der Waals surface area contributed by atoms with E-state index in [1.54, 1.807) is 24.3 Å². The molecule has 102 valence electrons. The maximum absolute atomic E-state index is 12.5. The zero-order valence-electron chi connectivity index (χ0n) is 11.1. The number of nitrogens with two attached hydrogens (primary N) is 1. The van der Waals surface area contributed by atoms with Gasteiger partial charge < -0.3 is 16.0 Å². The molecule has 0 saturated carbocycles. The summed E-state index contributed by atoms with van der Waals surface area (Å²) < 4.78 is 0. The number of benzene rings is 1. The Balaban J connectivity index is 2.20. The van der Waals surface area contributed by atoms with E-state index in [0.717, 1.165) is 26.1 Å². The number of rotatable bonds is 5. The molecule has 1 aromatic carbocycles. The van der Waals surface area contributed by atoms with Crippen LogP contribution in [0.4, 0.5) is 0 Å². The van der Waals surface area contributed by atoms with Crippen LogP contribution >= 0.6 is 0 Å². The first-order valence-electron chi connectivity index (χ1n) is 6.55. The number of nitrogens with zero attached hydrogens (tertiary/aromatic N) is 1. The third-order valence-electron chi connectivity index (χ3n) is 3.32. The summed E-state index contributed by atoms with van der Waals surface area (Å²) in [4.78, 5) is 25.5. The Morgan fingerprint density at radius 1 is 1.37 bits per heavy atom. The first-order chi connectivity index (χ1) is 9.13. The summed E-state index contributed by atoms with van der Waals surface area (Å²) in [5.41, 5.74) is 6.14. The summed E-state index contributed by atoms with van der Waals surface area (Å²) in [5.74, 6) is -0.543. The lowest BCUT2D eigenvalue weighted by Gasteiger charge is -2.38. The molecule has 1 aliphatic heterocycles. The van der Waals surface area contributed by atoms with Gasteiger partial charge in [0.05, 0.1) is 6.04 Å². The van der Waals surface area contributed by atoms with Gasteiger partial charge in [-0.15, -0.1) is 0 Å². The number of primary amides is 1. The first-order valence-corrected chi connectivity index (χ1v) is 6.55. The van der Waals surface area contributed by atoms with Crippen LogP contribution in [0.1, 0.15) is 34.1 Å². The lowest BCUT2D eigenvalue weighted by Crippen LogP contribution is -2.59. The van der Waals surface area contributed by atoms with Gasteiger partial charge in [0, 0.05) is 30.8 Å². The predicted octanol–water partition coefficient (Wildman–Crippen LogP) is 0.610. The van der Waals surface area contributed by atoms with Gasteiger partial charge in [-0.2, -0.15) is 0 Å². The fourth-order valence-electron chi connectivity index (χ4n) is 2.16. The first kappa shape index (κ1) is 13.5. The monoisotopic (exact) mass is 261 g/mol. The van der Waals surface area contributed by atoms with Gasteiger partial charge in [0.15, 0.2) is 0 Å². The van der Waals surface area contributed by atoms with Crippen LogP contribution in [0.3, 0.4) is 0 Å². The highest BCUT2D eigenvalue weighted by Crippen LogP contribution is 2.13. The van der Waals surface area contributed by atoms with Crippen molar-refractivity contribution in [3.63, 3.8) is 0 Å². The highest BCUT2D eigenvalue weighted by molar-refractivity contribution is 5.99.